The zero-order chi connectivity index (χ0) is 14.2. The number of hydrogen-bond acceptors (Lipinski definition) is 3. The molecule has 1 aromatic heterocycles. The van der Waals surface area contributed by atoms with E-state index in [0.717, 1.165) is 24.8 Å². The quantitative estimate of drug-likeness (QED) is 0.911. The van der Waals surface area contributed by atoms with E-state index in [9.17, 15) is 8.42 Å². The Morgan fingerprint density at radius 1 is 1.25 bits per heavy atom. The number of imidazole rings is 1. The molecule has 0 radical (unpaired) electrons. The predicted octanol–water partition coefficient (Wildman–Crippen LogP) is 2.40. The number of aryl methyl sites for hydroxylation is 2. The van der Waals surface area contributed by atoms with Gasteiger partial charge in [-0.15, -0.1) is 0 Å². The van der Waals surface area contributed by atoms with Crippen LogP contribution in [0.4, 0.5) is 5.69 Å². The van der Waals surface area contributed by atoms with Crippen molar-refractivity contribution in [3.63, 3.8) is 0 Å². The Balaban J connectivity index is 1.95. The average Bonchev–Trinajstić information content (AvgIpc) is 2.86. The number of nitrogens with one attached hydrogen (secondary N) is 2. The van der Waals surface area contributed by atoms with Gasteiger partial charge in [0.05, 0.1) is 11.9 Å². The van der Waals surface area contributed by atoms with Gasteiger partial charge in [-0.3, -0.25) is 4.72 Å². The lowest BCUT2D eigenvalue weighted by atomic mass is 9.91. The van der Waals surface area contributed by atoms with Gasteiger partial charge in [0.25, 0.3) is 10.0 Å². The molecule has 0 unspecified atom stereocenters. The van der Waals surface area contributed by atoms with Gasteiger partial charge in [0.15, 0.2) is 5.03 Å². The summed E-state index contributed by atoms with van der Waals surface area (Å²) in [6, 6.07) is 5.80. The van der Waals surface area contributed by atoms with Crippen LogP contribution in [0.5, 0.6) is 0 Å². The fraction of sp³-hybridized carbons (Fsp3) is 0.357. The summed E-state index contributed by atoms with van der Waals surface area (Å²) in [6.45, 7) is 1.73. The van der Waals surface area contributed by atoms with Crippen molar-refractivity contribution in [3.05, 3.63) is 41.3 Å². The van der Waals surface area contributed by atoms with Crippen LogP contribution in [0.15, 0.2) is 29.4 Å². The summed E-state index contributed by atoms with van der Waals surface area (Å²) in [6.07, 6.45) is 5.56. The average molecular weight is 291 g/mol. The van der Waals surface area contributed by atoms with Crippen molar-refractivity contribution in [2.75, 3.05) is 4.72 Å². The van der Waals surface area contributed by atoms with Gasteiger partial charge in [0.2, 0.25) is 0 Å². The number of hydrogen-bond donors (Lipinski definition) is 2. The lowest BCUT2D eigenvalue weighted by Crippen LogP contribution is -2.16. The van der Waals surface area contributed by atoms with Crippen molar-refractivity contribution >= 4 is 15.7 Å². The number of anilines is 1. The highest BCUT2D eigenvalue weighted by molar-refractivity contribution is 7.92. The summed E-state index contributed by atoms with van der Waals surface area (Å²) >= 11 is 0. The van der Waals surface area contributed by atoms with Gasteiger partial charge >= 0.3 is 0 Å². The normalized spacial score (nSPS) is 14.8. The molecule has 106 valence electrons. The second kappa shape index (κ2) is 4.94. The first-order valence-electron chi connectivity index (χ1n) is 6.71. The zero-order valence-corrected chi connectivity index (χ0v) is 12.1. The summed E-state index contributed by atoms with van der Waals surface area (Å²) < 4.78 is 27.3. The highest BCUT2D eigenvalue weighted by Gasteiger charge is 2.20. The Hall–Kier alpha value is -1.82. The van der Waals surface area contributed by atoms with Crippen molar-refractivity contribution in [3.8, 4) is 0 Å². The third-order valence-corrected chi connectivity index (χ3v) is 4.88. The molecule has 0 saturated carbocycles. The van der Waals surface area contributed by atoms with E-state index in [1.807, 2.05) is 12.1 Å². The number of fused-ring (bicyclic) bond motifs is 1. The molecule has 2 aromatic rings. The molecule has 0 aliphatic heterocycles. The van der Waals surface area contributed by atoms with Crippen molar-refractivity contribution in [2.45, 2.75) is 37.6 Å². The summed E-state index contributed by atoms with van der Waals surface area (Å²) in [5.41, 5.74) is 3.06. The molecule has 1 aliphatic carbocycles. The zero-order valence-electron chi connectivity index (χ0n) is 11.3. The van der Waals surface area contributed by atoms with E-state index in [-0.39, 0.29) is 5.03 Å². The molecular weight excluding hydrogens is 274 g/mol. The maximum atomic E-state index is 12.3. The van der Waals surface area contributed by atoms with Crippen LogP contribution < -0.4 is 4.72 Å². The minimum atomic E-state index is -3.59. The number of sulfonamides is 1. The lowest BCUT2D eigenvalue weighted by Gasteiger charge is -2.19. The number of aromatic nitrogens is 2. The first-order valence-corrected chi connectivity index (χ1v) is 8.20. The molecule has 0 spiro atoms. The summed E-state index contributed by atoms with van der Waals surface area (Å²) in [7, 11) is -3.59. The van der Waals surface area contributed by atoms with E-state index < -0.39 is 10.0 Å². The van der Waals surface area contributed by atoms with Gasteiger partial charge in [0.1, 0.15) is 5.82 Å². The van der Waals surface area contributed by atoms with Crippen LogP contribution in [0.2, 0.25) is 0 Å². The number of rotatable bonds is 3. The van der Waals surface area contributed by atoms with Gasteiger partial charge in [-0.25, -0.2) is 4.98 Å². The van der Waals surface area contributed by atoms with E-state index in [2.05, 4.69) is 20.8 Å². The maximum Gasteiger partial charge on any atom is 0.278 e. The maximum absolute atomic E-state index is 12.3. The van der Waals surface area contributed by atoms with Crippen molar-refractivity contribution in [1.29, 1.82) is 0 Å². The minimum Gasteiger partial charge on any atom is -0.332 e. The summed E-state index contributed by atoms with van der Waals surface area (Å²) in [4.78, 5) is 6.69. The minimum absolute atomic E-state index is 0.100. The summed E-state index contributed by atoms with van der Waals surface area (Å²) in [5, 5.41) is 0.100. The summed E-state index contributed by atoms with van der Waals surface area (Å²) in [5.74, 6) is 0.584. The van der Waals surface area contributed by atoms with Crippen molar-refractivity contribution < 1.29 is 8.42 Å². The van der Waals surface area contributed by atoms with Gasteiger partial charge in [-0.1, -0.05) is 12.1 Å². The monoisotopic (exact) mass is 291 g/mol. The number of aromatic amines is 1. The first kappa shape index (κ1) is 13.2. The number of nitrogens with zero attached hydrogens (tertiary/aromatic N) is 1. The Labute approximate surface area is 118 Å². The van der Waals surface area contributed by atoms with Gasteiger partial charge in [0, 0.05) is 0 Å². The van der Waals surface area contributed by atoms with E-state index in [1.165, 1.54) is 18.2 Å². The molecule has 6 heteroatoms. The predicted molar refractivity (Wildman–Crippen MR) is 77.2 cm³/mol. The number of H-pyrrole nitrogens is 1. The first-order chi connectivity index (χ1) is 9.56. The van der Waals surface area contributed by atoms with Crippen LogP contribution >= 0.6 is 0 Å². The number of benzene rings is 1. The SMILES string of the molecule is Cc1ncc(S(=O)(=O)Nc2cccc3c2CCCC3)[nH]1. The molecule has 0 bridgehead atoms. The van der Waals surface area contributed by atoms with E-state index in [0.29, 0.717) is 11.5 Å². The van der Waals surface area contributed by atoms with Crippen molar-refractivity contribution in [1.82, 2.24) is 9.97 Å². The molecule has 0 fully saturated rings. The molecule has 1 aliphatic rings. The Kier molecular flexibility index (Phi) is 3.25. The highest BCUT2D eigenvalue weighted by atomic mass is 32.2. The Morgan fingerprint density at radius 3 is 2.80 bits per heavy atom. The molecule has 1 heterocycles. The third-order valence-electron chi connectivity index (χ3n) is 3.61. The standard InChI is InChI=1S/C14H17N3O2S/c1-10-15-9-14(16-10)20(18,19)17-13-8-4-6-11-5-2-3-7-12(11)13/h4,6,8-9,17H,2-3,5,7H2,1H3,(H,15,16). The molecule has 1 aromatic carbocycles. The smallest absolute Gasteiger partial charge is 0.278 e. The van der Waals surface area contributed by atoms with Crippen LogP contribution in [-0.2, 0) is 22.9 Å². The van der Waals surface area contributed by atoms with Crippen LogP contribution in [0.3, 0.4) is 0 Å². The van der Waals surface area contributed by atoms with Gasteiger partial charge in [-0.05, 0) is 49.8 Å². The molecule has 2 N–H and O–H groups in total. The molecular formula is C14H17N3O2S. The van der Waals surface area contributed by atoms with E-state index in [4.69, 9.17) is 0 Å². The molecule has 0 atom stereocenters. The molecule has 0 saturated heterocycles. The van der Waals surface area contributed by atoms with Crippen LogP contribution in [0.1, 0.15) is 29.8 Å². The van der Waals surface area contributed by atoms with Crippen LogP contribution in [-0.4, -0.2) is 18.4 Å². The molecule has 0 amide bonds. The van der Waals surface area contributed by atoms with E-state index in [1.54, 1.807) is 6.92 Å². The van der Waals surface area contributed by atoms with Crippen molar-refractivity contribution in [2.24, 2.45) is 0 Å². The van der Waals surface area contributed by atoms with Gasteiger partial charge in [-0.2, -0.15) is 8.42 Å². The fourth-order valence-electron chi connectivity index (χ4n) is 2.61. The Bertz CT molecular complexity index is 735. The second-order valence-electron chi connectivity index (χ2n) is 5.09. The topological polar surface area (TPSA) is 74.8 Å². The van der Waals surface area contributed by atoms with E-state index >= 15 is 0 Å². The highest BCUT2D eigenvalue weighted by Crippen LogP contribution is 2.29. The second-order valence-corrected chi connectivity index (χ2v) is 6.74. The Morgan fingerprint density at radius 2 is 2.05 bits per heavy atom. The molecule has 3 rings (SSSR count). The molecule has 20 heavy (non-hydrogen) atoms. The largest absolute Gasteiger partial charge is 0.332 e. The molecule has 5 nitrogen and oxygen atoms in total. The third kappa shape index (κ3) is 2.43. The van der Waals surface area contributed by atoms with Crippen LogP contribution in [0.25, 0.3) is 0 Å². The van der Waals surface area contributed by atoms with Gasteiger partial charge < -0.3 is 4.98 Å². The lowest BCUT2D eigenvalue weighted by molar-refractivity contribution is 0.598. The van der Waals surface area contributed by atoms with Crippen LogP contribution in [0, 0.1) is 6.92 Å². The fourth-order valence-corrected chi connectivity index (χ4v) is 3.68.